The van der Waals surface area contributed by atoms with Gasteiger partial charge in [0.1, 0.15) is 0 Å². The normalized spacial score (nSPS) is 18.3. The Morgan fingerprint density at radius 3 is 2.39 bits per heavy atom. The molecule has 1 aliphatic rings. The summed E-state index contributed by atoms with van der Waals surface area (Å²) in [6.07, 6.45) is 5.58. The summed E-state index contributed by atoms with van der Waals surface area (Å²) in [5, 5.41) is 3.02. The number of nitrogens with one attached hydrogen (secondary N) is 1. The first-order chi connectivity index (χ1) is 8.64. The minimum absolute atomic E-state index is 0.155. The van der Waals surface area contributed by atoms with Gasteiger partial charge >= 0.3 is 0 Å². The first kappa shape index (κ1) is 13.1. The Bertz CT molecular complexity index is 405. The van der Waals surface area contributed by atoms with Crippen molar-refractivity contribution in [3.63, 3.8) is 0 Å². The van der Waals surface area contributed by atoms with Crippen molar-refractivity contribution in [1.29, 1.82) is 0 Å². The minimum Gasteiger partial charge on any atom is -0.326 e. The molecule has 1 amide bonds. The van der Waals surface area contributed by atoms with E-state index in [0.29, 0.717) is 6.54 Å². The van der Waals surface area contributed by atoms with Crippen LogP contribution in [0.1, 0.15) is 44.6 Å². The van der Waals surface area contributed by atoms with Crippen LogP contribution in [-0.2, 0) is 11.3 Å². The van der Waals surface area contributed by atoms with Crippen molar-refractivity contribution < 1.29 is 4.79 Å². The summed E-state index contributed by atoms with van der Waals surface area (Å²) in [6, 6.07) is 7.76. The van der Waals surface area contributed by atoms with Crippen LogP contribution < -0.4 is 11.1 Å². The largest absolute Gasteiger partial charge is 0.326 e. The number of rotatable bonds is 3. The van der Waals surface area contributed by atoms with Crippen molar-refractivity contribution in [1.82, 2.24) is 0 Å². The van der Waals surface area contributed by atoms with E-state index in [1.807, 2.05) is 24.3 Å². The molecule has 2 rings (SSSR count). The van der Waals surface area contributed by atoms with Crippen molar-refractivity contribution in [2.75, 3.05) is 5.32 Å². The zero-order chi connectivity index (χ0) is 13.0. The molecule has 1 aromatic rings. The monoisotopic (exact) mass is 246 g/mol. The molecule has 0 aromatic heterocycles. The summed E-state index contributed by atoms with van der Waals surface area (Å²) < 4.78 is 0. The van der Waals surface area contributed by atoms with Crippen molar-refractivity contribution in [2.24, 2.45) is 11.1 Å². The second-order valence-electron chi connectivity index (χ2n) is 5.48. The Morgan fingerprint density at radius 1 is 1.22 bits per heavy atom. The van der Waals surface area contributed by atoms with Gasteiger partial charge in [-0.25, -0.2) is 0 Å². The average Bonchev–Trinajstić information content (AvgIpc) is 2.40. The van der Waals surface area contributed by atoms with E-state index in [1.54, 1.807) is 0 Å². The highest BCUT2D eigenvalue weighted by Crippen LogP contribution is 2.36. The van der Waals surface area contributed by atoms with Crippen LogP contribution in [0.15, 0.2) is 24.3 Å². The fourth-order valence-electron chi connectivity index (χ4n) is 2.57. The molecule has 1 aliphatic carbocycles. The lowest BCUT2D eigenvalue weighted by Gasteiger charge is -2.32. The number of anilines is 1. The summed E-state index contributed by atoms with van der Waals surface area (Å²) >= 11 is 0. The number of carbonyl (C=O) groups excluding carboxylic acids is 1. The molecule has 0 spiro atoms. The van der Waals surface area contributed by atoms with Gasteiger partial charge in [0.2, 0.25) is 5.91 Å². The van der Waals surface area contributed by atoms with Crippen LogP contribution in [0, 0.1) is 5.41 Å². The van der Waals surface area contributed by atoms with Crippen LogP contribution in [0.5, 0.6) is 0 Å². The Kier molecular flexibility index (Phi) is 4.02. The van der Waals surface area contributed by atoms with Gasteiger partial charge in [0.25, 0.3) is 0 Å². The maximum absolute atomic E-state index is 12.3. The summed E-state index contributed by atoms with van der Waals surface area (Å²) in [5.74, 6) is 0.155. The zero-order valence-corrected chi connectivity index (χ0v) is 11.0. The number of hydrogen-bond acceptors (Lipinski definition) is 2. The third-order valence-corrected chi connectivity index (χ3v) is 3.95. The Hall–Kier alpha value is -1.35. The molecule has 1 saturated carbocycles. The van der Waals surface area contributed by atoms with Gasteiger partial charge < -0.3 is 11.1 Å². The van der Waals surface area contributed by atoms with Gasteiger partial charge in [-0.1, -0.05) is 38.3 Å². The van der Waals surface area contributed by atoms with Crippen molar-refractivity contribution in [2.45, 2.75) is 45.6 Å². The van der Waals surface area contributed by atoms with E-state index in [-0.39, 0.29) is 11.3 Å². The topological polar surface area (TPSA) is 55.1 Å². The molecule has 1 aromatic carbocycles. The SMILES string of the molecule is CC1(C(=O)Nc2ccc(CN)cc2)CCCCC1. The van der Waals surface area contributed by atoms with Gasteiger partial charge in [-0.2, -0.15) is 0 Å². The molecule has 3 N–H and O–H groups in total. The molecule has 1 fully saturated rings. The van der Waals surface area contributed by atoms with Gasteiger partial charge in [0.05, 0.1) is 0 Å². The van der Waals surface area contributed by atoms with E-state index >= 15 is 0 Å². The van der Waals surface area contributed by atoms with Gasteiger partial charge in [-0.3, -0.25) is 4.79 Å². The third kappa shape index (κ3) is 2.91. The van der Waals surface area contributed by atoms with Gasteiger partial charge in [-0.15, -0.1) is 0 Å². The number of hydrogen-bond donors (Lipinski definition) is 2. The predicted molar refractivity (Wildman–Crippen MR) is 74.2 cm³/mol. The van der Waals surface area contributed by atoms with Gasteiger partial charge in [-0.05, 0) is 30.5 Å². The standard InChI is InChI=1S/C15H22N2O/c1-15(9-3-2-4-10-15)14(18)17-13-7-5-12(11-16)6-8-13/h5-8H,2-4,9-11,16H2,1H3,(H,17,18). The smallest absolute Gasteiger partial charge is 0.230 e. The van der Waals surface area contributed by atoms with Crippen molar-refractivity contribution in [3.05, 3.63) is 29.8 Å². The predicted octanol–water partition coefficient (Wildman–Crippen LogP) is 3.05. The molecular formula is C15H22N2O. The number of amides is 1. The second-order valence-corrected chi connectivity index (χ2v) is 5.48. The van der Waals surface area contributed by atoms with Crippen LogP contribution in [0.2, 0.25) is 0 Å². The highest BCUT2D eigenvalue weighted by Gasteiger charge is 2.34. The molecule has 3 nitrogen and oxygen atoms in total. The molecule has 0 bridgehead atoms. The van der Waals surface area contributed by atoms with Crippen LogP contribution in [0.25, 0.3) is 0 Å². The lowest BCUT2D eigenvalue weighted by molar-refractivity contribution is -0.126. The minimum atomic E-state index is -0.190. The molecule has 98 valence electrons. The summed E-state index contributed by atoms with van der Waals surface area (Å²) in [6.45, 7) is 2.61. The molecule has 0 aliphatic heterocycles. The third-order valence-electron chi connectivity index (χ3n) is 3.95. The first-order valence-electron chi connectivity index (χ1n) is 6.74. The van der Waals surface area contributed by atoms with E-state index in [9.17, 15) is 4.79 Å². The fourth-order valence-corrected chi connectivity index (χ4v) is 2.57. The molecule has 3 heteroatoms. The quantitative estimate of drug-likeness (QED) is 0.861. The van der Waals surface area contributed by atoms with Crippen LogP contribution >= 0.6 is 0 Å². The second kappa shape index (κ2) is 5.53. The molecule has 0 saturated heterocycles. The van der Waals surface area contributed by atoms with E-state index < -0.39 is 0 Å². The molecule has 0 heterocycles. The average molecular weight is 246 g/mol. The lowest BCUT2D eigenvalue weighted by Crippen LogP contribution is -2.35. The summed E-state index contributed by atoms with van der Waals surface area (Å²) in [5.41, 5.74) is 7.31. The van der Waals surface area contributed by atoms with Gasteiger partial charge in [0, 0.05) is 17.6 Å². The lowest BCUT2D eigenvalue weighted by atomic mass is 9.75. The van der Waals surface area contributed by atoms with Crippen molar-refractivity contribution >= 4 is 11.6 Å². The van der Waals surface area contributed by atoms with Crippen LogP contribution in [-0.4, -0.2) is 5.91 Å². The van der Waals surface area contributed by atoms with Crippen LogP contribution in [0.3, 0.4) is 0 Å². The fraction of sp³-hybridized carbons (Fsp3) is 0.533. The highest BCUT2D eigenvalue weighted by atomic mass is 16.2. The number of benzene rings is 1. The summed E-state index contributed by atoms with van der Waals surface area (Å²) in [7, 11) is 0. The molecule has 0 atom stereocenters. The van der Waals surface area contributed by atoms with E-state index in [0.717, 1.165) is 36.9 Å². The maximum atomic E-state index is 12.3. The zero-order valence-electron chi connectivity index (χ0n) is 11.0. The molecule has 18 heavy (non-hydrogen) atoms. The van der Waals surface area contributed by atoms with Crippen molar-refractivity contribution in [3.8, 4) is 0 Å². The van der Waals surface area contributed by atoms with E-state index in [2.05, 4.69) is 12.2 Å². The van der Waals surface area contributed by atoms with Crippen LogP contribution in [0.4, 0.5) is 5.69 Å². The molecule has 0 unspecified atom stereocenters. The van der Waals surface area contributed by atoms with Gasteiger partial charge in [0.15, 0.2) is 0 Å². The number of carbonyl (C=O) groups is 1. The Labute approximate surface area is 109 Å². The maximum Gasteiger partial charge on any atom is 0.230 e. The Morgan fingerprint density at radius 2 is 1.83 bits per heavy atom. The van der Waals surface area contributed by atoms with E-state index in [1.165, 1.54) is 6.42 Å². The first-order valence-corrected chi connectivity index (χ1v) is 6.74. The Balaban J connectivity index is 2.01. The molecule has 0 radical (unpaired) electrons. The number of nitrogens with two attached hydrogens (primary N) is 1. The highest BCUT2D eigenvalue weighted by molar-refractivity contribution is 5.95. The molecular weight excluding hydrogens is 224 g/mol. The van der Waals surface area contributed by atoms with E-state index in [4.69, 9.17) is 5.73 Å². The summed E-state index contributed by atoms with van der Waals surface area (Å²) in [4.78, 5) is 12.3.